The summed E-state index contributed by atoms with van der Waals surface area (Å²) in [7, 11) is 1.00. The number of ether oxygens (including phenoxy) is 3. The second kappa shape index (κ2) is 18.4. The van der Waals surface area contributed by atoms with E-state index in [2.05, 4.69) is 42.5 Å². The van der Waals surface area contributed by atoms with Crippen molar-refractivity contribution in [2.24, 2.45) is 0 Å². The van der Waals surface area contributed by atoms with Crippen molar-refractivity contribution in [1.82, 2.24) is 0 Å². The summed E-state index contributed by atoms with van der Waals surface area (Å²) < 4.78 is 18.4. The van der Waals surface area contributed by atoms with E-state index < -0.39 is 0 Å². The van der Waals surface area contributed by atoms with Gasteiger partial charge in [0.05, 0.1) is 31.5 Å². The fourth-order valence-corrected chi connectivity index (χ4v) is 5.01. The first kappa shape index (κ1) is 33.3. The second-order valence-electron chi connectivity index (χ2n) is 9.77. The van der Waals surface area contributed by atoms with Gasteiger partial charge in [0.1, 0.15) is 12.4 Å². The molecule has 4 aromatic rings. The van der Waals surface area contributed by atoms with Crippen molar-refractivity contribution < 1.29 is 24.4 Å². The molecule has 2 N–H and O–H groups in total. The lowest BCUT2D eigenvalue weighted by Gasteiger charge is -2.35. The van der Waals surface area contributed by atoms with Crippen LogP contribution in [0.25, 0.3) is 0 Å². The Morgan fingerprint density at radius 1 is 0.762 bits per heavy atom. The molecule has 42 heavy (non-hydrogen) atoms. The van der Waals surface area contributed by atoms with Crippen molar-refractivity contribution in [2.75, 3.05) is 13.7 Å². The van der Waals surface area contributed by atoms with Crippen LogP contribution in [0.2, 0.25) is 5.02 Å². The third-order valence-corrected chi connectivity index (χ3v) is 7.27. The van der Waals surface area contributed by atoms with Gasteiger partial charge in [-0.1, -0.05) is 110 Å². The molecule has 3 atom stereocenters. The number of aliphatic hydroxyl groups excluding tert-OH is 2. The topological polar surface area (TPSA) is 68.2 Å². The second-order valence-corrected chi connectivity index (χ2v) is 10.2. The molecule has 3 unspecified atom stereocenters. The van der Waals surface area contributed by atoms with E-state index in [1.54, 1.807) is 0 Å². The van der Waals surface area contributed by atoms with Crippen LogP contribution >= 0.6 is 11.6 Å². The Hall–Kier alpha value is -3.19. The molecular weight excluding hydrogens is 548 g/mol. The molecule has 5 rings (SSSR count). The zero-order valence-electron chi connectivity index (χ0n) is 24.8. The van der Waals surface area contributed by atoms with Crippen molar-refractivity contribution in [3.05, 3.63) is 136 Å². The monoisotopic (exact) mass is 590 g/mol. The number of halogens is 1. The number of rotatable bonds is 10. The Balaban J connectivity index is 0.00000116. The van der Waals surface area contributed by atoms with Gasteiger partial charge in [0, 0.05) is 25.0 Å². The molecule has 0 aliphatic carbocycles. The first-order valence-corrected chi connectivity index (χ1v) is 14.9. The highest BCUT2D eigenvalue weighted by Gasteiger charge is 2.31. The molecule has 0 bridgehead atoms. The van der Waals surface area contributed by atoms with Crippen LogP contribution in [-0.4, -0.2) is 36.1 Å². The predicted octanol–water partition coefficient (Wildman–Crippen LogP) is 7.94. The molecule has 1 aliphatic heterocycles. The van der Waals surface area contributed by atoms with Gasteiger partial charge >= 0.3 is 0 Å². The molecule has 0 amide bonds. The first-order valence-electron chi connectivity index (χ1n) is 14.6. The van der Waals surface area contributed by atoms with Gasteiger partial charge < -0.3 is 24.4 Å². The number of hydrogen-bond donors (Lipinski definition) is 2. The van der Waals surface area contributed by atoms with E-state index in [9.17, 15) is 5.11 Å². The minimum atomic E-state index is -0.253. The maximum absolute atomic E-state index is 9.87. The fourth-order valence-electron chi connectivity index (χ4n) is 4.82. The van der Waals surface area contributed by atoms with E-state index in [1.807, 2.05) is 74.5 Å². The van der Waals surface area contributed by atoms with E-state index in [1.165, 1.54) is 0 Å². The molecule has 1 fully saturated rings. The van der Waals surface area contributed by atoms with Crippen molar-refractivity contribution in [3.63, 3.8) is 0 Å². The van der Waals surface area contributed by atoms with Gasteiger partial charge in [-0.25, -0.2) is 0 Å². The minimum Gasteiger partial charge on any atom is -0.489 e. The number of benzene rings is 4. The van der Waals surface area contributed by atoms with Crippen LogP contribution in [0.5, 0.6) is 5.75 Å². The average Bonchev–Trinajstić information content (AvgIpc) is 3.07. The molecule has 6 heteroatoms. The normalized spacial score (nSPS) is 17.7. The van der Waals surface area contributed by atoms with Crippen molar-refractivity contribution in [3.8, 4) is 5.75 Å². The summed E-state index contributed by atoms with van der Waals surface area (Å²) in [6.45, 7) is 5.06. The summed E-state index contributed by atoms with van der Waals surface area (Å²) in [4.78, 5) is 0. The zero-order chi connectivity index (χ0) is 30.2. The largest absolute Gasteiger partial charge is 0.489 e. The van der Waals surface area contributed by atoms with Crippen LogP contribution in [0.4, 0.5) is 0 Å². The van der Waals surface area contributed by atoms with E-state index in [-0.39, 0.29) is 24.9 Å². The molecule has 1 saturated heterocycles. The molecule has 1 aliphatic rings. The van der Waals surface area contributed by atoms with Crippen LogP contribution < -0.4 is 4.74 Å². The number of aliphatic hydroxyl groups is 2. The summed E-state index contributed by atoms with van der Waals surface area (Å²) in [5.41, 5.74) is 5.53. The Bertz CT molecular complexity index is 1280. The molecule has 4 aromatic carbocycles. The summed E-state index contributed by atoms with van der Waals surface area (Å²) >= 11 is 6.61. The predicted molar refractivity (Wildman–Crippen MR) is 170 cm³/mol. The molecule has 0 saturated carbocycles. The highest BCUT2D eigenvalue weighted by molar-refractivity contribution is 6.31. The molecule has 0 aromatic heterocycles. The van der Waals surface area contributed by atoms with Crippen LogP contribution in [-0.2, 0) is 29.1 Å². The quantitative estimate of drug-likeness (QED) is 0.196. The van der Waals surface area contributed by atoms with Crippen molar-refractivity contribution in [1.29, 1.82) is 0 Å². The lowest BCUT2D eigenvalue weighted by atomic mass is 9.93. The highest BCUT2D eigenvalue weighted by Crippen LogP contribution is 2.35. The summed E-state index contributed by atoms with van der Waals surface area (Å²) in [6.07, 6.45) is 1.71. The van der Waals surface area contributed by atoms with Gasteiger partial charge in [-0.2, -0.15) is 0 Å². The zero-order valence-corrected chi connectivity index (χ0v) is 25.5. The minimum absolute atomic E-state index is 0.00802. The SMILES string of the molecule is CC.CO.OCC1CC(OCc2ccccc2)CC(c2ccc(Cl)c(Cc3ccc(OCc4ccccc4)cc3)c2)O1. The van der Waals surface area contributed by atoms with Crippen molar-refractivity contribution >= 4 is 11.6 Å². The van der Waals surface area contributed by atoms with Crippen LogP contribution in [0.1, 0.15) is 60.6 Å². The summed E-state index contributed by atoms with van der Waals surface area (Å²) in [6, 6.07) is 34.5. The molecule has 5 nitrogen and oxygen atoms in total. The Morgan fingerprint density at radius 3 is 2.00 bits per heavy atom. The summed E-state index contributed by atoms with van der Waals surface area (Å²) in [5.74, 6) is 0.838. The lowest BCUT2D eigenvalue weighted by Crippen LogP contribution is -2.35. The summed E-state index contributed by atoms with van der Waals surface area (Å²) in [5, 5.41) is 17.6. The lowest BCUT2D eigenvalue weighted by molar-refractivity contribution is -0.133. The molecule has 1 heterocycles. The van der Waals surface area contributed by atoms with Gasteiger partial charge in [-0.05, 0) is 52.4 Å². The van der Waals surface area contributed by atoms with Crippen molar-refractivity contribution in [2.45, 2.75) is 64.6 Å². The highest BCUT2D eigenvalue weighted by atomic mass is 35.5. The third-order valence-electron chi connectivity index (χ3n) is 6.90. The average molecular weight is 591 g/mol. The maximum Gasteiger partial charge on any atom is 0.119 e. The van der Waals surface area contributed by atoms with Crippen LogP contribution in [0.3, 0.4) is 0 Å². The standard InChI is InChI=1S/C33H33ClO4.C2H6.CH4O/c34-32-16-13-27(33-20-30(19-31(21-35)38-33)37-23-26-9-5-2-6-10-26)18-28(32)17-24-11-14-29(15-12-24)36-22-25-7-3-1-4-8-25;2*1-2/h1-16,18,30-31,33,35H,17,19-23H2;1-2H3;2H,1H3. The molecule has 224 valence electrons. The maximum atomic E-state index is 9.87. The van der Waals surface area contributed by atoms with E-state index >= 15 is 0 Å². The molecule has 0 radical (unpaired) electrons. The van der Waals surface area contributed by atoms with E-state index in [4.69, 9.17) is 30.9 Å². The Kier molecular flexibility index (Phi) is 14.6. The number of hydrogen-bond acceptors (Lipinski definition) is 5. The van der Waals surface area contributed by atoms with Crippen LogP contribution in [0, 0.1) is 0 Å². The fraction of sp³-hybridized carbons (Fsp3) is 0.333. The molecule has 0 spiro atoms. The Morgan fingerprint density at radius 2 is 1.38 bits per heavy atom. The first-order chi connectivity index (χ1) is 20.7. The van der Waals surface area contributed by atoms with Gasteiger partial charge in [-0.3, -0.25) is 0 Å². The Labute approximate surface area is 255 Å². The van der Waals surface area contributed by atoms with E-state index in [0.717, 1.165) is 52.1 Å². The van der Waals surface area contributed by atoms with E-state index in [0.29, 0.717) is 26.1 Å². The van der Waals surface area contributed by atoms with Gasteiger partial charge in [0.25, 0.3) is 0 Å². The van der Waals surface area contributed by atoms with Crippen LogP contribution in [0.15, 0.2) is 103 Å². The molecular formula is C36H43ClO5. The van der Waals surface area contributed by atoms with Gasteiger partial charge in [0.15, 0.2) is 0 Å². The smallest absolute Gasteiger partial charge is 0.119 e. The van der Waals surface area contributed by atoms with Gasteiger partial charge in [0.2, 0.25) is 0 Å². The third kappa shape index (κ3) is 10.3. The van der Waals surface area contributed by atoms with Gasteiger partial charge in [-0.15, -0.1) is 0 Å².